The maximum absolute atomic E-state index is 11.3. The zero-order valence-corrected chi connectivity index (χ0v) is 13.1. The van der Waals surface area contributed by atoms with Gasteiger partial charge in [-0.25, -0.2) is 0 Å². The largest absolute Gasteiger partial charge is 0.463 e. The van der Waals surface area contributed by atoms with Crippen molar-refractivity contribution in [1.29, 1.82) is 0 Å². The second-order valence-electron chi connectivity index (χ2n) is 5.46. The number of nitrogens with one attached hydrogen (secondary N) is 1. The average Bonchev–Trinajstić information content (AvgIpc) is 2.54. The maximum Gasteiger partial charge on any atom is 0.269 e. The Hall–Kier alpha value is -2.31. The zero-order chi connectivity index (χ0) is 18.7. The molecule has 1 aliphatic rings. The van der Waals surface area contributed by atoms with Crippen LogP contribution in [0.15, 0.2) is 24.3 Å². The summed E-state index contributed by atoms with van der Waals surface area (Å²) in [5.41, 5.74) is -0.172. The normalized spacial score (nSPS) is 29.3. The van der Waals surface area contributed by atoms with Crippen LogP contribution in [-0.2, 0) is 9.53 Å². The first-order valence-corrected chi connectivity index (χ1v) is 7.26. The number of benzene rings is 1. The van der Waals surface area contributed by atoms with E-state index in [1.807, 2.05) is 0 Å². The zero-order valence-electron chi connectivity index (χ0n) is 13.1. The van der Waals surface area contributed by atoms with Gasteiger partial charge < -0.3 is 35.2 Å². The van der Waals surface area contributed by atoms with E-state index in [1.165, 1.54) is 31.2 Å². The van der Waals surface area contributed by atoms with Crippen LogP contribution in [0, 0.1) is 10.1 Å². The first-order valence-electron chi connectivity index (χ1n) is 7.26. The number of carbonyl (C=O) groups excluding carboxylic acids is 1. The highest BCUT2D eigenvalue weighted by Crippen LogP contribution is 2.26. The van der Waals surface area contributed by atoms with Crippen molar-refractivity contribution in [2.24, 2.45) is 0 Å². The van der Waals surface area contributed by atoms with Gasteiger partial charge in [0.15, 0.2) is 6.29 Å². The van der Waals surface area contributed by atoms with Gasteiger partial charge in [0.05, 0.1) is 4.92 Å². The Morgan fingerprint density at radius 2 is 1.88 bits per heavy atom. The second-order valence-corrected chi connectivity index (χ2v) is 5.46. The van der Waals surface area contributed by atoms with Crippen molar-refractivity contribution in [3.05, 3.63) is 34.4 Å². The number of ether oxygens (including phenoxy) is 2. The molecule has 1 aromatic rings. The monoisotopic (exact) mass is 358 g/mol. The smallest absolute Gasteiger partial charge is 0.269 e. The van der Waals surface area contributed by atoms with Crippen molar-refractivity contribution in [3.63, 3.8) is 0 Å². The number of nitro groups is 1. The van der Waals surface area contributed by atoms with Crippen LogP contribution in [0.4, 0.5) is 5.69 Å². The van der Waals surface area contributed by atoms with Crippen LogP contribution in [0.3, 0.4) is 0 Å². The van der Waals surface area contributed by atoms with Gasteiger partial charge in [-0.2, -0.15) is 0 Å². The lowest BCUT2D eigenvalue weighted by Gasteiger charge is -2.42. The van der Waals surface area contributed by atoms with Crippen molar-refractivity contribution in [2.75, 3.05) is 0 Å². The highest BCUT2D eigenvalue weighted by Gasteiger charge is 2.48. The van der Waals surface area contributed by atoms with Crippen LogP contribution < -0.4 is 10.1 Å². The van der Waals surface area contributed by atoms with Crippen LogP contribution >= 0.6 is 0 Å². The average molecular weight is 358 g/mol. The molecule has 0 unspecified atom stereocenters. The van der Waals surface area contributed by atoms with E-state index in [1.54, 1.807) is 0 Å². The van der Waals surface area contributed by atoms with Crippen molar-refractivity contribution in [2.45, 2.75) is 43.9 Å². The number of aliphatic hydroxyl groups excluding tert-OH is 3. The van der Waals surface area contributed by atoms with Gasteiger partial charge in [0.2, 0.25) is 12.2 Å². The number of rotatable bonds is 5. The third-order valence-electron chi connectivity index (χ3n) is 3.60. The molecule has 0 saturated carbocycles. The minimum Gasteiger partial charge on any atom is -0.463 e. The predicted octanol–water partition coefficient (Wildman–Crippen LogP) is -1.76. The molecule has 1 saturated heterocycles. The molecule has 1 aromatic carbocycles. The molecule has 5 N–H and O–H groups in total. The third-order valence-corrected chi connectivity index (χ3v) is 3.60. The molecule has 1 heterocycles. The van der Waals surface area contributed by atoms with Crippen LogP contribution in [0.2, 0.25) is 0 Å². The molecular formula is C14H18N2O9. The molecule has 0 spiro atoms. The Kier molecular flexibility index (Phi) is 5.87. The van der Waals surface area contributed by atoms with E-state index < -0.39 is 47.8 Å². The predicted molar refractivity (Wildman–Crippen MR) is 80.2 cm³/mol. The molecule has 25 heavy (non-hydrogen) atoms. The summed E-state index contributed by atoms with van der Waals surface area (Å²) in [5, 5.41) is 51.5. The quantitative estimate of drug-likeness (QED) is 0.232. The van der Waals surface area contributed by atoms with Crippen LogP contribution in [0.5, 0.6) is 5.75 Å². The number of carbonyl (C=O) groups is 1. The summed E-state index contributed by atoms with van der Waals surface area (Å²) in [5.74, 6) is -0.430. The summed E-state index contributed by atoms with van der Waals surface area (Å²) in [6.07, 6.45) is -8.36. The van der Waals surface area contributed by atoms with Crippen molar-refractivity contribution in [3.8, 4) is 5.75 Å². The van der Waals surface area contributed by atoms with Crippen molar-refractivity contribution in [1.82, 2.24) is 5.32 Å². The van der Waals surface area contributed by atoms with E-state index in [9.17, 15) is 35.3 Å². The summed E-state index contributed by atoms with van der Waals surface area (Å²) >= 11 is 0. The Bertz CT molecular complexity index is 621. The number of hydrogen-bond acceptors (Lipinski definition) is 9. The fourth-order valence-corrected chi connectivity index (χ4v) is 2.40. The van der Waals surface area contributed by atoms with Crippen LogP contribution in [0.25, 0.3) is 0 Å². The van der Waals surface area contributed by atoms with Gasteiger partial charge >= 0.3 is 0 Å². The molecule has 11 nitrogen and oxygen atoms in total. The molecule has 1 amide bonds. The minimum absolute atomic E-state index is 0.112. The highest BCUT2D eigenvalue weighted by atomic mass is 16.7. The second kappa shape index (κ2) is 7.72. The third kappa shape index (κ3) is 4.41. The molecule has 0 bridgehead atoms. The Morgan fingerprint density at radius 1 is 1.28 bits per heavy atom. The fourth-order valence-electron chi connectivity index (χ4n) is 2.40. The lowest BCUT2D eigenvalue weighted by molar-refractivity contribution is -0.384. The van der Waals surface area contributed by atoms with E-state index in [-0.39, 0.29) is 11.4 Å². The fraction of sp³-hybridized carbons (Fsp3) is 0.500. The molecule has 11 heteroatoms. The lowest BCUT2D eigenvalue weighted by Crippen LogP contribution is -2.66. The summed E-state index contributed by atoms with van der Waals surface area (Å²) < 4.78 is 10.7. The summed E-state index contributed by atoms with van der Waals surface area (Å²) in [7, 11) is 0. The van der Waals surface area contributed by atoms with E-state index in [0.29, 0.717) is 0 Å². The Balaban J connectivity index is 2.22. The van der Waals surface area contributed by atoms with E-state index in [4.69, 9.17) is 9.47 Å². The molecule has 0 radical (unpaired) electrons. The van der Waals surface area contributed by atoms with E-state index in [2.05, 4.69) is 5.32 Å². The van der Waals surface area contributed by atoms with Crippen LogP contribution in [-0.4, -0.2) is 68.2 Å². The molecule has 0 aliphatic carbocycles. The molecule has 0 aromatic heterocycles. The summed E-state index contributed by atoms with van der Waals surface area (Å²) in [4.78, 5) is 21.4. The van der Waals surface area contributed by atoms with Gasteiger partial charge in [0.25, 0.3) is 5.69 Å². The molecule has 138 valence electrons. The minimum atomic E-state index is -2.11. The topological polar surface area (TPSA) is 172 Å². The Morgan fingerprint density at radius 3 is 2.36 bits per heavy atom. The summed E-state index contributed by atoms with van der Waals surface area (Å²) in [6.45, 7) is 1.18. The first kappa shape index (κ1) is 19.0. The first-order chi connectivity index (χ1) is 11.7. The van der Waals surface area contributed by atoms with Gasteiger partial charge in [-0.15, -0.1) is 0 Å². The number of amides is 1. The maximum atomic E-state index is 11.3. The molecular weight excluding hydrogens is 340 g/mol. The lowest BCUT2D eigenvalue weighted by atomic mass is 9.96. The van der Waals surface area contributed by atoms with Gasteiger partial charge in [-0.1, -0.05) is 0 Å². The van der Waals surface area contributed by atoms with Gasteiger partial charge in [0.1, 0.15) is 30.1 Å². The van der Waals surface area contributed by atoms with E-state index >= 15 is 0 Å². The molecule has 1 fully saturated rings. The number of non-ortho nitro benzene ring substituents is 1. The van der Waals surface area contributed by atoms with Crippen molar-refractivity contribution < 1.29 is 39.6 Å². The number of hydrogen-bond donors (Lipinski definition) is 5. The molecule has 5 atom stereocenters. The van der Waals surface area contributed by atoms with E-state index in [0.717, 1.165) is 0 Å². The highest BCUT2D eigenvalue weighted by molar-refractivity contribution is 5.73. The van der Waals surface area contributed by atoms with Gasteiger partial charge in [-0.3, -0.25) is 14.9 Å². The summed E-state index contributed by atoms with van der Waals surface area (Å²) in [6, 6.07) is 3.69. The molecule has 1 aliphatic heterocycles. The van der Waals surface area contributed by atoms with Gasteiger partial charge in [0, 0.05) is 19.1 Å². The number of nitro benzene ring substituents is 1. The standard InChI is InChI=1S/C14H18N2O9/c1-6(17)15-9-10(18)11(19)12(13(20)21)25-14(9)24-8-4-2-7(3-5-8)16(22)23/h2-5,9-14,18-21H,1H3,(H,15,17)/t9-,10-,11+,12+,14-/m1/s1. The Labute approximate surface area is 141 Å². The number of aliphatic hydroxyl groups is 4. The SMILES string of the molecule is CC(=O)N[C@H]1[C@H](Oc2ccc([N+](=O)[O-])cc2)O[C@H](C(O)O)[C@@H](O)[C@@H]1O. The van der Waals surface area contributed by atoms with Crippen LogP contribution in [0.1, 0.15) is 6.92 Å². The van der Waals surface area contributed by atoms with Crippen molar-refractivity contribution >= 4 is 11.6 Å². The van der Waals surface area contributed by atoms with Gasteiger partial charge in [-0.05, 0) is 12.1 Å². The molecule has 2 rings (SSSR count). The number of nitrogens with zero attached hydrogens (tertiary/aromatic N) is 1.